The van der Waals surface area contributed by atoms with Gasteiger partial charge in [-0.25, -0.2) is 9.97 Å². The fourth-order valence-electron chi connectivity index (χ4n) is 10.9. The predicted octanol–water partition coefficient (Wildman–Crippen LogP) is 14.5. The summed E-state index contributed by atoms with van der Waals surface area (Å²) in [6.45, 7) is 0. The molecule has 2 aromatic heterocycles. The number of aromatic nitrogens is 2. The van der Waals surface area contributed by atoms with Crippen LogP contribution in [0.2, 0.25) is 0 Å². The molecule has 0 bridgehead atoms. The van der Waals surface area contributed by atoms with Gasteiger partial charge >= 0.3 is 0 Å². The van der Waals surface area contributed by atoms with Gasteiger partial charge in [-0.1, -0.05) is 182 Å². The largest absolute Gasteiger partial charge is 0.485 e. The Morgan fingerprint density at radius 2 is 1.21 bits per heavy atom. The summed E-state index contributed by atoms with van der Waals surface area (Å²) in [5.74, 6) is 1.76. The maximum absolute atomic E-state index is 6.84. The summed E-state index contributed by atoms with van der Waals surface area (Å²) in [6, 6.07) is 62.3. The number of furan rings is 1. The van der Waals surface area contributed by atoms with Crippen molar-refractivity contribution in [3.8, 4) is 50.8 Å². The first-order chi connectivity index (χ1) is 31.2. The van der Waals surface area contributed by atoms with Crippen molar-refractivity contribution in [1.82, 2.24) is 9.97 Å². The van der Waals surface area contributed by atoms with E-state index in [1.807, 2.05) is 30.3 Å². The van der Waals surface area contributed by atoms with Crippen LogP contribution < -0.4 is 4.74 Å². The molecule has 298 valence electrons. The molecule has 13 rings (SSSR count). The topological polar surface area (TPSA) is 48.2 Å². The van der Waals surface area contributed by atoms with Crippen molar-refractivity contribution in [1.29, 1.82) is 0 Å². The Kier molecular flexibility index (Phi) is 8.04. The van der Waals surface area contributed by atoms with Crippen LogP contribution in [0.3, 0.4) is 0 Å². The van der Waals surface area contributed by atoms with E-state index in [0.29, 0.717) is 5.82 Å². The average Bonchev–Trinajstić information content (AvgIpc) is 3.89. The van der Waals surface area contributed by atoms with Crippen LogP contribution in [0.15, 0.2) is 216 Å². The third-order valence-corrected chi connectivity index (χ3v) is 13.7. The molecule has 1 aliphatic heterocycles. The molecule has 3 heterocycles. The number of rotatable bonds is 5. The molecule has 3 unspecified atom stereocenters. The lowest BCUT2D eigenvalue weighted by Crippen LogP contribution is -2.48. The molecule has 3 aliphatic carbocycles. The van der Waals surface area contributed by atoms with Crippen LogP contribution >= 0.6 is 0 Å². The third kappa shape index (κ3) is 5.54. The van der Waals surface area contributed by atoms with E-state index in [1.54, 1.807) is 0 Å². The van der Waals surface area contributed by atoms with Crippen molar-refractivity contribution in [2.24, 2.45) is 5.92 Å². The van der Waals surface area contributed by atoms with E-state index in [2.05, 4.69) is 176 Å². The molecule has 63 heavy (non-hydrogen) atoms. The van der Waals surface area contributed by atoms with Crippen molar-refractivity contribution in [3.05, 3.63) is 234 Å². The van der Waals surface area contributed by atoms with Gasteiger partial charge in [-0.2, -0.15) is 0 Å². The summed E-state index contributed by atoms with van der Waals surface area (Å²) in [6.07, 6.45) is 13.7. The van der Waals surface area contributed by atoms with Crippen molar-refractivity contribution in [2.45, 2.75) is 24.4 Å². The molecule has 0 fully saturated rings. The van der Waals surface area contributed by atoms with E-state index in [9.17, 15) is 0 Å². The van der Waals surface area contributed by atoms with Crippen LogP contribution in [0.1, 0.15) is 35.1 Å². The average molecular weight is 809 g/mol. The van der Waals surface area contributed by atoms with Gasteiger partial charge in [0, 0.05) is 44.5 Å². The van der Waals surface area contributed by atoms with E-state index in [4.69, 9.17) is 19.1 Å². The maximum Gasteiger partial charge on any atom is 0.160 e. The molecular weight excluding hydrogens is 769 g/mol. The number of para-hydroxylation sites is 3. The minimum atomic E-state index is -0.309. The minimum absolute atomic E-state index is 0.0855. The van der Waals surface area contributed by atoms with Gasteiger partial charge in [-0.05, 0) is 76.1 Å². The first-order valence-corrected chi connectivity index (χ1v) is 21.9. The van der Waals surface area contributed by atoms with E-state index < -0.39 is 0 Å². The molecule has 4 nitrogen and oxygen atoms in total. The molecule has 1 spiro atoms. The van der Waals surface area contributed by atoms with Gasteiger partial charge < -0.3 is 9.15 Å². The van der Waals surface area contributed by atoms with Crippen molar-refractivity contribution >= 4 is 33.1 Å². The molecule has 0 radical (unpaired) electrons. The summed E-state index contributed by atoms with van der Waals surface area (Å²) in [5.41, 5.74) is 17.7. The number of fused-ring (bicyclic) bond motifs is 11. The Morgan fingerprint density at radius 3 is 2.03 bits per heavy atom. The number of nitrogens with zero attached hydrogens (tertiary/aromatic N) is 2. The highest BCUT2D eigenvalue weighted by molar-refractivity contribution is 6.09. The van der Waals surface area contributed by atoms with E-state index in [0.717, 1.165) is 79.7 Å². The number of allylic oxidation sites excluding steroid dienone is 6. The van der Waals surface area contributed by atoms with E-state index in [-0.39, 0.29) is 17.4 Å². The van der Waals surface area contributed by atoms with Crippen molar-refractivity contribution < 1.29 is 9.15 Å². The third-order valence-electron chi connectivity index (χ3n) is 13.7. The van der Waals surface area contributed by atoms with E-state index >= 15 is 0 Å². The second kappa shape index (κ2) is 14.1. The van der Waals surface area contributed by atoms with Crippen LogP contribution in [0, 0.1) is 5.92 Å². The van der Waals surface area contributed by atoms with Gasteiger partial charge in [-0.3, -0.25) is 0 Å². The molecule has 0 saturated carbocycles. The summed E-state index contributed by atoms with van der Waals surface area (Å²) >= 11 is 0. The zero-order valence-electron chi connectivity index (χ0n) is 34.4. The first-order valence-electron chi connectivity index (χ1n) is 21.9. The highest BCUT2D eigenvalue weighted by Gasteiger charge is 2.56. The van der Waals surface area contributed by atoms with Crippen LogP contribution in [0.5, 0.6) is 5.75 Å². The lowest BCUT2D eigenvalue weighted by atomic mass is 9.58. The van der Waals surface area contributed by atoms with Crippen LogP contribution in [-0.4, -0.2) is 16.1 Å². The normalized spacial score (nSPS) is 19.4. The Balaban J connectivity index is 0.874. The van der Waals surface area contributed by atoms with Crippen LogP contribution in [-0.2, 0) is 5.41 Å². The monoisotopic (exact) mass is 808 g/mol. The Hall–Kier alpha value is -7.82. The van der Waals surface area contributed by atoms with Crippen LogP contribution in [0.25, 0.3) is 78.1 Å². The zero-order valence-corrected chi connectivity index (χ0v) is 34.4. The lowest BCUT2D eigenvalue weighted by Gasteiger charge is -2.49. The van der Waals surface area contributed by atoms with E-state index in [1.165, 1.54) is 39.0 Å². The minimum Gasteiger partial charge on any atom is -0.485 e. The zero-order chi connectivity index (χ0) is 41.5. The molecule has 9 aromatic rings. The molecule has 0 saturated heterocycles. The number of hydrogen-bond donors (Lipinski definition) is 0. The lowest BCUT2D eigenvalue weighted by molar-refractivity contribution is 0.138. The molecule has 3 atom stereocenters. The molecule has 4 heteroatoms. The quantitative estimate of drug-likeness (QED) is 0.174. The van der Waals surface area contributed by atoms with Gasteiger partial charge in [0.2, 0.25) is 0 Å². The molecule has 4 aliphatic rings. The van der Waals surface area contributed by atoms with Crippen molar-refractivity contribution in [3.63, 3.8) is 0 Å². The van der Waals surface area contributed by atoms with Gasteiger partial charge in [0.1, 0.15) is 23.0 Å². The number of ether oxygens (including phenoxy) is 1. The molecular formula is C59H40N2O2. The number of benzene rings is 7. The van der Waals surface area contributed by atoms with Gasteiger partial charge in [0.15, 0.2) is 5.82 Å². The molecule has 0 amide bonds. The smallest absolute Gasteiger partial charge is 0.160 e. The Labute approximate surface area is 365 Å². The van der Waals surface area contributed by atoms with Gasteiger partial charge in [0.05, 0.1) is 16.8 Å². The fourth-order valence-corrected chi connectivity index (χ4v) is 10.9. The van der Waals surface area contributed by atoms with Crippen molar-refractivity contribution in [2.75, 3.05) is 0 Å². The number of hydrogen-bond acceptors (Lipinski definition) is 4. The summed E-state index contributed by atoms with van der Waals surface area (Å²) in [4.78, 5) is 10.3. The maximum atomic E-state index is 6.84. The standard InChI is InChI=1S/C59H40N2O2/c1-2-13-41(14-3-1)58-60-52(36-53(61-58)40-31-27-38(28-32-40)43-18-12-19-47-46-17-6-10-23-54(46)63-57(43)47)39-29-25-37(26-30-39)42-33-34-56-51(35-42)59(50-22-9-11-24-55(50)62-56)48-20-7-4-15-44(48)45-16-5-8-21-49(45)59/h1-7,9-20,22-36,51,56H,8,21H2. The highest BCUT2D eigenvalue weighted by atomic mass is 16.5. The SMILES string of the molecule is C1=CC2=C(CC1)C1(c3ccccc3OC3C=CC(c4ccc(-c5cc(-c6ccc(-c7cccc8c7oc7ccccc78)cc6)nc(-c6ccccc6)n5)cc4)=CC31)c1ccccc12. The Bertz CT molecular complexity index is 3420. The summed E-state index contributed by atoms with van der Waals surface area (Å²) < 4.78 is 13.2. The van der Waals surface area contributed by atoms with Gasteiger partial charge in [-0.15, -0.1) is 0 Å². The molecule has 7 aromatic carbocycles. The second-order valence-electron chi connectivity index (χ2n) is 17.0. The highest BCUT2D eigenvalue weighted by Crippen LogP contribution is 2.63. The molecule has 0 N–H and O–H groups in total. The Morgan fingerprint density at radius 1 is 0.540 bits per heavy atom. The second-order valence-corrected chi connectivity index (χ2v) is 17.0. The van der Waals surface area contributed by atoms with Gasteiger partial charge in [0.25, 0.3) is 0 Å². The summed E-state index contributed by atoms with van der Waals surface area (Å²) in [7, 11) is 0. The summed E-state index contributed by atoms with van der Waals surface area (Å²) in [5, 5.41) is 2.25. The fraction of sp³-hybridized carbons (Fsp3) is 0.0847. The predicted molar refractivity (Wildman–Crippen MR) is 255 cm³/mol. The first kappa shape index (κ1) is 35.9. The van der Waals surface area contributed by atoms with Crippen LogP contribution in [0.4, 0.5) is 0 Å².